The maximum Gasteiger partial charge on any atom is 0.243 e. The van der Waals surface area contributed by atoms with Crippen molar-refractivity contribution in [2.45, 2.75) is 18.0 Å². The van der Waals surface area contributed by atoms with Crippen molar-refractivity contribution < 1.29 is 13.2 Å². The first-order chi connectivity index (χ1) is 10.0. The molecule has 1 heterocycles. The highest BCUT2D eigenvalue weighted by molar-refractivity contribution is 7.89. The highest BCUT2D eigenvalue weighted by Gasteiger charge is 2.30. The highest BCUT2D eigenvalue weighted by Crippen LogP contribution is 2.31. The molecule has 0 aliphatic carbocycles. The molecule has 3 rings (SSSR count). The fraction of sp³-hybridized carbons (Fsp3) is 0.200. The smallest absolute Gasteiger partial charge is 0.243 e. The van der Waals surface area contributed by atoms with Gasteiger partial charge in [0.05, 0.1) is 17.7 Å². The Bertz CT molecular complexity index is 762. The standard InChI is InChI=1S/C15H16N2O3S/c1-20-15-8-13(6-7-14(15)16)21(18,19)17-9-11-4-2-3-5-12(11)10-17/h2-8H,9-10,16H2,1H3. The molecule has 0 amide bonds. The van der Waals surface area contributed by atoms with Crippen LogP contribution in [0, 0.1) is 0 Å². The molecule has 0 atom stereocenters. The van der Waals surface area contributed by atoms with Crippen LogP contribution in [0.3, 0.4) is 0 Å². The van der Waals surface area contributed by atoms with E-state index in [0.29, 0.717) is 24.5 Å². The first-order valence-corrected chi connectivity index (χ1v) is 7.97. The summed E-state index contributed by atoms with van der Waals surface area (Å²) in [5.74, 6) is 0.368. The van der Waals surface area contributed by atoms with Gasteiger partial charge >= 0.3 is 0 Å². The second kappa shape index (κ2) is 5.05. The Hall–Kier alpha value is -2.05. The van der Waals surface area contributed by atoms with Crippen LogP contribution >= 0.6 is 0 Å². The molecule has 0 radical (unpaired) electrons. The highest BCUT2D eigenvalue weighted by atomic mass is 32.2. The number of rotatable bonds is 3. The average molecular weight is 304 g/mol. The van der Waals surface area contributed by atoms with E-state index in [1.807, 2.05) is 24.3 Å². The number of nitrogen functional groups attached to an aromatic ring is 1. The molecule has 0 bridgehead atoms. The van der Waals surface area contributed by atoms with Crippen LogP contribution in [-0.4, -0.2) is 19.8 Å². The van der Waals surface area contributed by atoms with Crippen molar-refractivity contribution in [1.29, 1.82) is 0 Å². The van der Waals surface area contributed by atoms with E-state index in [0.717, 1.165) is 11.1 Å². The number of nitrogens with two attached hydrogens (primary N) is 1. The molecule has 1 aliphatic rings. The van der Waals surface area contributed by atoms with E-state index < -0.39 is 10.0 Å². The van der Waals surface area contributed by atoms with Gasteiger partial charge in [-0.15, -0.1) is 0 Å². The molecule has 0 aromatic heterocycles. The van der Waals surface area contributed by atoms with Crippen LogP contribution in [0.4, 0.5) is 5.69 Å². The maximum atomic E-state index is 12.7. The number of ether oxygens (including phenoxy) is 1. The first kappa shape index (κ1) is 13.9. The molecule has 0 fully saturated rings. The van der Waals surface area contributed by atoms with E-state index in [1.165, 1.54) is 23.5 Å². The number of nitrogens with zero attached hydrogens (tertiary/aromatic N) is 1. The van der Waals surface area contributed by atoms with Crippen LogP contribution in [0.2, 0.25) is 0 Å². The lowest BCUT2D eigenvalue weighted by molar-refractivity contribution is 0.413. The summed E-state index contributed by atoms with van der Waals surface area (Å²) in [6.07, 6.45) is 0. The van der Waals surface area contributed by atoms with Crippen LogP contribution in [0.5, 0.6) is 5.75 Å². The minimum absolute atomic E-state index is 0.196. The van der Waals surface area contributed by atoms with Crippen molar-refractivity contribution >= 4 is 15.7 Å². The molecular formula is C15H16N2O3S. The van der Waals surface area contributed by atoms with Gasteiger partial charge < -0.3 is 10.5 Å². The van der Waals surface area contributed by atoms with E-state index in [9.17, 15) is 8.42 Å². The summed E-state index contributed by atoms with van der Waals surface area (Å²) in [5, 5.41) is 0. The summed E-state index contributed by atoms with van der Waals surface area (Å²) < 4.78 is 32.0. The summed E-state index contributed by atoms with van der Waals surface area (Å²) in [6.45, 7) is 0.788. The predicted molar refractivity (Wildman–Crippen MR) is 80.3 cm³/mol. The number of fused-ring (bicyclic) bond motifs is 1. The quantitative estimate of drug-likeness (QED) is 0.880. The number of benzene rings is 2. The number of anilines is 1. The predicted octanol–water partition coefficient (Wildman–Crippen LogP) is 1.98. The van der Waals surface area contributed by atoms with Gasteiger partial charge in [0.15, 0.2) is 0 Å². The SMILES string of the molecule is COc1cc(S(=O)(=O)N2Cc3ccccc3C2)ccc1N. The Balaban J connectivity index is 1.96. The Labute approximate surface area is 124 Å². The van der Waals surface area contributed by atoms with E-state index in [4.69, 9.17) is 10.5 Å². The van der Waals surface area contributed by atoms with Gasteiger partial charge in [-0.25, -0.2) is 8.42 Å². The summed E-state index contributed by atoms with van der Waals surface area (Å²) in [6, 6.07) is 12.3. The topological polar surface area (TPSA) is 72.6 Å². The molecule has 2 aromatic rings. The van der Waals surface area contributed by atoms with E-state index in [2.05, 4.69) is 0 Å². The van der Waals surface area contributed by atoms with Gasteiger partial charge in [0.25, 0.3) is 0 Å². The van der Waals surface area contributed by atoms with Gasteiger partial charge in [-0.1, -0.05) is 24.3 Å². The molecule has 110 valence electrons. The molecule has 5 nitrogen and oxygen atoms in total. The van der Waals surface area contributed by atoms with Crippen LogP contribution in [0.15, 0.2) is 47.4 Å². The van der Waals surface area contributed by atoms with Crippen molar-refractivity contribution in [2.24, 2.45) is 0 Å². The normalized spacial score (nSPS) is 14.9. The molecule has 0 unspecified atom stereocenters. The van der Waals surface area contributed by atoms with Crippen LogP contribution in [0.25, 0.3) is 0 Å². The average Bonchev–Trinajstić information content (AvgIpc) is 2.92. The lowest BCUT2D eigenvalue weighted by Gasteiger charge is -2.16. The van der Waals surface area contributed by atoms with Crippen molar-refractivity contribution in [3.8, 4) is 5.75 Å². The number of sulfonamides is 1. The third-order valence-corrected chi connectivity index (χ3v) is 5.44. The molecule has 0 saturated carbocycles. The molecular weight excluding hydrogens is 288 g/mol. The number of methoxy groups -OCH3 is 1. The minimum Gasteiger partial charge on any atom is -0.495 e. The first-order valence-electron chi connectivity index (χ1n) is 6.53. The van der Waals surface area contributed by atoms with Gasteiger partial charge in [0.2, 0.25) is 10.0 Å². The Kier molecular flexibility index (Phi) is 3.35. The zero-order valence-electron chi connectivity index (χ0n) is 11.6. The fourth-order valence-corrected chi connectivity index (χ4v) is 3.89. The summed E-state index contributed by atoms with van der Waals surface area (Å²) in [7, 11) is -2.09. The lowest BCUT2D eigenvalue weighted by Crippen LogP contribution is -2.25. The van der Waals surface area contributed by atoms with Crippen molar-refractivity contribution in [2.75, 3.05) is 12.8 Å². The zero-order valence-corrected chi connectivity index (χ0v) is 12.4. The second-order valence-electron chi connectivity index (χ2n) is 4.95. The minimum atomic E-state index is -3.56. The largest absolute Gasteiger partial charge is 0.495 e. The van der Waals surface area contributed by atoms with Crippen LogP contribution < -0.4 is 10.5 Å². The fourth-order valence-electron chi connectivity index (χ4n) is 2.47. The van der Waals surface area contributed by atoms with Gasteiger partial charge in [-0.05, 0) is 23.3 Å². The lowest BCUT2D eigenvalue weighted by atomic mass is 10.1. The molecule has 6 heteroatoms. The Morgan fingerprint density at radius 3 is 2.29 bits per heavy atom. The summed E-state index contributed by atoms with van der Waals surface area (Å²) in [5.41, 5.74) is 8.24. The molecule has 2 N–H and O–H groups in total. The Morgan fingerprint density at radius 1 is 1.10 bits per heavy atom. The van der Waals surface area contributed by atoms with Gasteiger partial charge in [0, 0.05) is 19.2 Å². The summed E-state index contributed by atoms with van der Waals surface area (Å²) in [4.78, 5) is 0.196. The zero-order chi connectivity index (χ0) is 15.0. The molecule has 2 aromatic carbocycles. The molecule has 1 aliphatic heterocycles. The van der Waals surface area contributed by atoms with Crippen LogP contribution in [-0.2, 0) is 23.1 Å². The number of hydrogen-bond acceptors (Lipinski definition) is 4. The van der Waals surface area contributed by atoms with Crippen molar-refractivity contribution in [3.63, 3.8) is 0 Å². The second-order valence-corrected chi connectivity index (χ2v) is 6.88. The molecule has 21 heavy (non-hydrogen) atoms. The summed E-state index contributed by atoms with van der Waals surface area (Å²) >= 11 is 0. The van der Waals surface area contributed by atoms with Gasteiger partial charge in [0.1, 0.15) is 5.75 Å². The molecule has 0 spiro atoms. The van der Waals surface area contributed by atoms with Gasteiger partial charge in [-0.2, -0.15) is 4.31 Å². The van der Waals surface area contributed by atoms with Crippen LogP contribution in [0.1, 0.15) is 11.1 Å². The maximum absolute atomic E-state index is 12.7. The third-order valence-electron chi connectivity index (χ3n) is 3.65. The van der Waals surface area contributed by atoms with E-state index in [1.54, 1.807) is 6.07 Å². The third kappa shape index (κ3) is 2.36. The molecule has 0 saturated heterocycles. The van der Waals surface area contributed by atoms with Crippen molar-refractivity contribution in [3.05, 3.63) is 53.6 Å². The monoisotopic (exact) mass is 304 g/mol. The van der Waals surface area contributed by atoms with E-state index in [-0.39, 0.29) is 4.90 Å². The number of hydrogen-bond donors (Lipinski definition) is 1. The van der Waals surface area contributed by atoms with Crippen molar-refractivity contribution in [1.82, 2.24) is 4.31 Å². The Morgan fingerprint density at radius 2 is 1.71 bits per heavy atom. The van der Waals surface area contributed by atoms with Gasteiger partial charge in [-0.3, -0.25) is 0 Å². The van der Waals surface area contributed by atoms with E-state index >= 15 is 0 Å².